The highest BCUT2D eigenvalue weighted by molar-refractivity contribution is 5.86. The SMILES string of the molecule is Nc1nc(F)nc2c1ccn2C1OC(CO)C(O)C1O. The van der Waals surface area contributed by atoms with Crippen LogP contribution in [-0.4, -0.2) is 54.8 Å². The van der Waals surface area contributed by atoms with Gasteiger partial charge in [-0.25, -0.2) is 0 Å². The Morgan fingerprint density at radius 3 is 2.75 bits per heavy atom. The monoisotopic (exact) mass is 284 g/mol. The summed E-state index contributed by atoms with van der Waals surface area (Å²) in [5, 5.41) is 29.1. The highest BCUT2D eigenvalue weighted by Crippen LogP contribution is 2.32. The van der Waals surface area contributed by atoms with Crippen LogP contribution in [0.4, 0.5) is 10.2 Å². The lowest BCUT2D eigenvalue weighted by Crippen LogP contribution is -2.33. The molecule has 0 bridgehead atoms. The molecule has 0 saturated carbocycles. The Hall–Kier alpha value is -1.81. The maximum Gasteiger partial charge on any atom is 0.312 e. The van der Waals surface area contributed by atoms with Crippen molar-refractivity contribution in [2.45, 2.75) is 24.5 Å². The molecule has 8 nitrogen and oxygen atoms in total. The molecule has 1 fully saturated rings. The van der Waals surface area contributed by atoms with Gasteiger partial charge in [-0.2, -0.15) is 14.4 Å². The molecule has 0 spiro atoms. The van der Waals surface area contributed by atoms with E-state index in [4.69, 9.17) is 15.6 Å². The van der Waals surface area contributed by atoms with Crippen molar-refractivity contribution in [1.29, 1.82) is 0 Å². The number of nitrogen functional groups attached to an aromatic ring is 1. The second-order valence-electron chi connectivity index (χ2n) is 4.57. The van der Waals surface area contributed by atoms with Crippen molar-refractivity contribution in [1.82, 2.24) is 14.5 Å². The summed E-state index contributed by atoms with van der Waals surface area (Å²) in [6.45, 7) is -0.445. The van der Waals surface area contributed by atoms with Crippen LogP contribution < -0.4 is 5.73 Å². The first-order valence-electron chi connectivity index (χ1n) is 5.95. The molecular formula is C11H13FN4O4. The molecule has 1 aliphatic heterocycles. The number of aliphatic hydroxyl groups is 3. The van der Waals surface area contributed by atoms with E-state index in [1.54, 1.807) is 6.07 Å². The zero-order valence-corrected chi connectivity index (χ0v) is 10.2. The van der Waals surface area contributed by atoms with Crippen molar-refractivity contribution in [2.75, 3.05) is 12.3 Å². The highest BCUT2D eigenvalue weighted by atomic mass is 19.1. The first kappa shape index (κ1) is 13.2. The summed E-state index contributed by atoms with van der Waals surface area (Å²) in [7, 11) is 0. The summed E-state index contributed by atoms with van der Waals surface area (Å²) in [5.74, 6) is -0.0296. The fourth-order valence-corrected chi connectivity index (χ4v) is 2.34. The molecule has 0 amide bonds. The topological polar surface area (TPSA) is 127 Å². The number of fused-ring (bicyclic) bond motifs is 1. The number of halogens is 1. The third kappa shape index (κ3) is 1.83. The van der Waals surface area contributed by atoms with Gasteiger partial charge in [0.05, 0.1) is 12.0 Å². The molecular weight excluding hydrogens is 271 g/mol. The normalized spacial score (nSPS) is 30.2. The van der Waals surface area contributed by atoms with Gasteiger partial charge in [0.2, 0.25) is 0 Å². The number of nitrogens with zero attached hydrogens (tertiary/aromatic N) is 3. The van der Waals surface area contributed by atoms with Crippen molar-refractivity contribution >= 4 is 16.9 Å². The Kier molecular flexibility index (Phi) is 3.05. The van der Waals surface area contributed by atoms with Crippen molar-refractivity contribution in [2.24, 2.45) is 0 Å². The number of nitrogens with two attached hydrogens (primary N) is 1. The van der Waals surface area contributed by atoms with Gasteiger partial charge in [0.15, 0.2) is 11.9 Å². The van der Waals surface area contributed by atoms with Crippen molar-refractivity contribution in [3.8, 4) is 0 Å². The third-order valence-corrected chi connectivity index (χ3v) is 3.37. The summed E-state index contributed by atoms with van der Waals surface area (Å²) in [4.78, 5) is 7.02. The van der Waals surface area contributed by atoms with Gasteiger partial charge in [-0.1, -0.05) is 0 Å². The van der Waals surface area contributed by atoms with Gasteiger partial charge in [-0.3, -0.25) is 0 Å². The van der Waals surface area contributed by atoms with E-state index in [0.717, 1.165) is 0 Å². The van der Waals surface area contributed by atoms with E-state index in [0.29, 0.717) is 5.39 Å². The average Bonchev–Trinajstić information content (AvgIpc) is 2.93. The molecule has 0 aliphatic carbocycles. The van der Waals surface area contributed by atoms with Crippen LogP contribution in [0, 0.1) is 6.08 Å². The number of anilines is 1. The molecule has 0 aromatic carbocycles. The number of rotatable bonds is 2. The van der Waals surface area contributed by atoms with Gasteiger partial charge in [-0.15, -0.1) is 0 Å². The molecule has 108 valence electrons. The minimum atomic E-state index is -1.28. The zero-order valence-electron chi connectivity index (χ0n) is 10.2. The Morgan fingerprint density at radius 1 is 1.35 bits per heavy atom. The van der Waals surface area contributed by atoms with E-state index < -0.39 is 37.2 Å². The number of aromatic nitrogens is 3. The first-order valence-corrected chi connectivity index (χ1v) is 5.95. The minimum absolute atomic E-state index is 0.0296. The molecule has 4 unspecified atom stereocenters. The molecule has 2 aromatic heterocycles. The van der Waals surface area contributed by atoms with E-state index in [-0.39, 0.29) is 11.5 Å². The van der Waals surface area contributed by atoms with Crippen LogP contribution in [0.5, 0.6) is 0 Å². The molecule has 3 rings (SSSR count). The quantitative estimate of drug-likeness (QED) is 0.508. The number of ether oxygens (including phenoxy) is 1. The van der Waals surface area contributed by atoms with Crippen LogP contribution in [0.1, 0.15) is 6.23 Å². The second kappa shape index (κ2) is 4.63. The van der Waals surface area contributed by atoms with Gasteiger partial charge < -0.3 is 30.4 Å². The molecule has 3 heterocycles. The fraction of sp³-hybridized carbons (Fsp3) is 0.455. The molecule has 1 aliphatic rings. The van der Waals surface area contributed by atoms with E-state index in [2.05, 4.69) is 9.97 Å². The highest BCUT2D eigenvalue weighted by Gasteiger charge is 2.43. The fourth-order valence-electron chi connectivity index (χ4n) is 2.34. The number of hydrogen-bond donors (Lipinski definition) is 4. The maximum atomic E-state index is 13.3. The molecule has 2 aromatic rings. The Balaban J connectivity index is 2.07. The van der Waals surface area contributed by atoms with Crippen molar-refractivity contribution in [3.63, 3.8) is 0 Å². The number of aliphatic hydroxyl groups excluding tert-OH is 3. The summed E-state index contributed by atoms with van der Waals surface area (Å²) < 4.78 is 20.0. The molecule has 1 saturated heterocycles. The van der Waals surface area contributed by atoms with Gasteiger partial charge in [0, 0.05) is 6.20 Å². The lowest BCUT2D eigenvalue weighted by molar-refractivity contribution is -0.0509. The van der Waals surface area contributed by atoms with Gasteiger partial charge in [0.1, 0.15) is 24.1 Å². The van der Waals surface area contributed by atoms with Crippen LogP contribution in [0.15, 0.2) is 12.3 Å². The predicted molar refractivity (Wildman–Crippen MR) is 64.9 cm³/mol. The molecule has 4 atom stereocenters. The Labute approximate surface area is 112 Å². The standard InChI is InChI=1S/C11H13FN4O4/c12-11-14-8(13)4-1-2-16(9(4)15-11)10-7(19)6(18)5(3-17)20-10/h1-2,5-7,10,17-19H,3H2,(H2,13,14,15). The van der Waals surface area contributed by atoms with Crippen LogP contribution in [0.25, 0.3) is 11.0 Å². The molecule has 9 heteroatoms. The van der Waals surface area contributed by atoms with Crippen LogP contribution >= 0.6 is 0 Å². The van der Waals surface area contributed by atoms with Crippen molar-refractivity contribution < 1.29 is 24.4 Å². The van der Waals surface area contributed by atoms with Gasteiger partial charge in [0.25, 0.3) is 0 Å². The third-order valence-electron chi connectivity index (χ3n) is 3.37. The minimum Gasteiger partial charge on any atom is -0.394 e. The average molecular weight is 284 g/mol. The molecule has 20 heavy (non-hydrogen) atoms. The zero-order chi connectivity index (χ0) is 14.4. The lowest BCUT2D eigenvalue weighted by Gasteiger charge is -2.17. The number of hydrogen-bond acceptors (Lipinski definition) is 7. The van der Waals surface area contributed by atoms with Crippen molar-refractivity contribution in [3.05, 3.63) is 18.3 Å². The van der Waals surface area contributed by atoms with E-state index >= 15 is 0 Å². The second-order valence-corrected chi connectivity index (χ2v) is 4.57. The Bertz CT molecular complexity index is 649. The first-order chi connectivity index (χ1) is 9.52. The van der Waals surface area contributed by atoms with Crippen LogP contribution in [0.2, 0.25) is 0 Å². The molecule has 5 N–H and O–H groups in total. The summed E-state index contributed by atoms with van der Waals surface area (Å²) in [6, 6.07) is 1.55. The van der Waals surface area contributed by atoms with Crippen LogP contribution in [-0.2, 0) is 4.74 Å². The van der Waals surface area contributed by atoms with E-state index in [1.165, 1.54) is 10.8 Å². The van der Waals surface area contributed by atoms with Crippen LogP contribution in [0.3, 0.4) is 0 Å². The van der Waals surface area contributed by atoms with E-state index in [1.807, 2.05) is 0 Å². The Morgan fingerprint density at radius 2 is 2.10 bits per heavy atom. The van der Waals surface area contributed by atoms with Gasteiger partial charge >= 0.3 is 6.08 Å². The maximum absolute atomic E-state index is 13.3. The van der Waals surface area contributed by atoms with E-state index in [9.17, 15) is 14.6 Å². The predicted octanol–water partition coefficient (Wildman–Crippen LogP) is -1.24. The summed E-state index contributed by atoms with van der Waals surface area (Å²) >= 11 is 0. The summed E-state index contributed by atoms with van der Waals surface area (Å²) in [6.07, 6.45) is -3.94. The summed E-state index contributed by atoms with van der Waals surface area (Å²) in [5.41, 5.74) is 5.73. The smallest absolute Gasteiger partial charge is 0.312 e. The largest absolute Gasteiger partial charge is 0.394 e. The lowest BCUT2D eigenvalue weighted by atomic mass is 10.1. The molecule has 0 radical (unpaired) electrons. The van der Waals surface area contributed by atoms with Gasteiger partial charge in [-0.05, 0) is 6.07 Å².